The van der Waals surface area contributed by atoms with E-state index in [9.17, 15) is 18.7 Å². The molecule has 2 N–H and O–H groups in total. The number of hydrogen-bond acceptors (Lipinski definition) is 3. The van der Waals surface area contributed by atoms with Gasteiger partial charge in [0.25, 0.3) is 5.91 Å². The lowest BCUT2D eigenvalue weighted by Crippen LogP contribution is -2.28. The van der Waals surface area contributed by atoms with E-state index in [0.29, 0.717) is 25.1 Å². The molecule has 6 heteroatoms. The van der Waals surface area contributed by atoms with Crippen LogP contribution in [0.5, 0.6) is 5.75 Å². The first-order valence-electron chi connectivity index (χ1n) is 7.66. The Hall–Kier alpha value is -2.47. The number of amides is 1. The first-order chi connectivity index (χ1) is 11.5. The second kappa shape index (κ2) is 8.40. The van der Waals surface area contributed by atoms with Crippen molar-refractivity contribution in [3.05, 3.63) is 65.2 Å². The first kappa shape index (κ1) is 17.9. The summed E-state index contributed by atoms with van der Waals surface area (Å²) < 4.78 is 26.5. The molecule has 0 radical (unpaired) electrons. The van der Waals surface area contributed by atoms with Gasteiger partial charge in [-0.25, -0.2) is 8.78 Å². The highest BCUT2D eigenvalue weighted by Crippen LogP contribution is 2.21. The van der Waals surface area contributed by atoms with Gasteiger partial charge in [0, 0.05) is 25.2 Å². The molecule has 0 aliphatic carbocycles. The third-order valence-electron chi connectivity index (χ3n) is 3.56. The van der Waals surface area contributed by atoms with E-state index in [0.717, 1.165) is 13.1 Å². The number of rotatable bonds is 7. The zero-order valence-electron chi connectivity index (χ0n) is 13.4. The van der Waals surface area contributed by atoms with Gasteiger partial charge in [-0.1, -0.05) is 30.3 Å². The fourth-order valence-corrected chi connectivity index (χ4v) is 2.40. The molecule has 0 bridgehead atoms. The van der Waals surface area contributed by atoms with Gasteiger partial charge in [-0.2, -0.15) is 0 Å². The minimum absolute atomic E-state index is 0.328. The van der Waals surface area contributed by atoms with E-state index in [2.05, 4.69) is 10.2 Å². The molecule has 2 rings (SSSR count). The summed E-state index contributed by atoms with van der Waals surface area (Å²) in [5.41, 5.74) is 0.663. The van der Waals surface area contributed by atoms with Crippen molar-refractivity contribution >= 4 is 5.91 Å². The molecule has 4 nitrogen and oxygen atoms in total. The van der Waals surface area contributed by atoms with Crippen molar-refractivity contribution in [1.82, 2.24) is 10.2 Å². The van der Waals surface area contributed by atoms with Gasteiger partial charge in [-0.15, -0.1) is 0 Å². The van der Waals surface area contributed by atoms with Gasteiger partial charge >= 0.3 is 0 Å². The van der Waals surface area contributed by atoms with E-state index < -0.39 is 28.9 Å². The number of halogens is 2. The number of aromatic hydroxyl groups is 1. The van der Waals surface area contributed by atoms with Crippen molar-refractivity contribution in [1.29, 1.82) is 0 Å². The summed E-state index contributed by atoms with van der Waals surface area (Å²) in [6, 6.07) is 11.3. The van der Waals surface area contributed by atoms with E-state index in [-0.39, 0.29) is 0 Å². The molecule has 0 heterocycles. The quantitative estimate of drug-likeness (QED) is 0.766. The highest BCUT2D eigenvalue weighted by Gasteiger charge is 2.18. The van der Waals surface area contributed by atoms with Crippen LogP contribution < -0.4 is 5.32 Å². The van der Waals surface area contributed by atoms with Gasteiger partial charge in [-0.05, 0) is 25.6 Å². The number of hydrogen-bond donors (Lipinski definition) is 2. The third kappa shape index (κ3) is 5.03. The maximum atomic E-state index is 13.6. The van der Waals surface area contributed by atoms with Gasteiger partial charge in [0.15, 0.2) is 0 Å². The Morgan fingerprint density at radius 2 is 1.92 bits per heavy atom. The van der Waals surface area contributed by atoms with E-state index in [1.807, 2.05) is 37.4 Å². The fraction of sp³-hybridized carbons (Fsp3) is 0.278. The zero-order chi connectivity index (χ0) is 17.5. The molecule has 0 aromatic heterocycles. The molecule has 0 aliphatic heterocycles. The van der Waals surface area contributed by atoms with Crippen LogP contribution in [0.2, 0.25) is 0 Å². The van der Waals surface area contributed by atoms with Gasteiger partial charge in [0.05, 0.1) is 0 Å². The number of nitrogens with one attached hydrogen (secondary N) is 1. The van der Waals surface area contributed by atoms with Crippen LogP contribution in [0.4, 0.5) is 8.78 Å². The summed E-state index contributed by atoms with van der Waals surface area (Å²) in [5.74, 6) is -3.46. The summed E-state index contributed by atoms with van der Waals surface area (Å²) in [5, 5.41) is 12.0. The molecular formula is C18H20F2N2O2. The van der Waals surface area contributed by atoms with E-state index >= 15 is 0 Å². The van der Waals surface area contributed by atoms with Crippen LogP contribution in [0.1, 0.15) is 22.3 Å². The maximum absolute atomic E-state index is 13.6. The van der Waals surface area contributed by atoms with Crippen molar-refractivity contribution in [2.24, 2.45) is 0 Å². The largest absolute Gasteiger partial charge is 0.507 e. The second-order valence-electron chi connectivity index (χ2n) is 5.61. The normalized spacial score (nSPS) is 10.8. The molecule has 24 heavy (non-hydrogen) atoms. The molecular weight excluding hydrogens is 314 g/mol. The predicted molar refractivity (Wildman–Crippen MR) is 87.7 cm³/mol. The maximum Gasteiger partial charge on any atom is 0.258 e. The standard InChI is InChI=1S/C18H20F2N2O2/c1-22(12-13-6-3-2-4-7-13)9-5-8-21-18(24)17-15(20)10-14(19)11-16(17)23/h2-4,6-7,10-11,23H,5,8-9,12H2,1H3,(H,21,24). The number of nitrogens with zero attached hydrogens (tertiary/aromatic N) is 1. The summed E-state index contributed by atoms with van der Waals surface area (Å²) in [7, 11) is 1.97. The molecule has 2 aromatic rings. The van der Waals surface area contributed by atoms with E-state index in [4.69, 9.17) is 0 Å². The molecule has 128 valence electrons. The minimum Gasteiger partial charge on any atom is -0.507 e. The Balaban J connectivity index is 1.77. The zero-order valence-corrected chi connectivity index (χ0v) is 13.4. The second-order valence-corrected chi connectivity index (χ2v) is 5.61. The first-order valence-corrected chi connectivity index (χ1v) is 7.66. The monoisotopic (exact) mass is 334 g/mol. The Labute approximate surface area is 139 Å². The summed E-state index contributed by atoms with van der Waals surface area (Å²) >= 11 is 0. The topological polar surface area (TPSA) is 52.6 Å². The lowest BCUT2D eigenvalue weighted by Gasteiger charge is -2.16. The van der Waals surface area contributed by atoms with Gasteiger partial charge < -0.3 is 15.3 Å². The number of carbonyl (C=O) groups is 1. The van der Waals surface area contributed by atoms with Crippen LogP contribution in [0, 0.1) is 11.6 Å². The molecule has 0 spiro atoms. The molecule has 2 aromatic carbocycles. The Morgan fingerprint density at radius 1 is 1.21 bits per heavy atom. The van der Waals surface area contributed by atoms with Crippen LogP contribution in [0.3, 0.4) is 0 Å². The fourth-order valence-electron chi connectivity index (χ4n) is 2.40. The molecule has 0 saturated carbocycles. The van der Waals surface area contributed by atoms with Crippen LogP contribution >= 0.6 is 0 Å². The summed E-state index contributed by atoms with van der Waals surface area (Å²) in [6.07, 6.45) is 0.665. The van der Waals surface area contributed by atoms with Crippen LogP contribution in [-0.4, -0.2) is 36.1 Å². The predicted octanol–water partition coefficient (Wildman–Crippen LogP) is 2.92. The molecule has 0 unspecified atom stereocenters. The number of carbonyl (C=O) groups excluding carboxylic acids is 1. The molecule has 0 fully saturated rings. The summed E-state index contributed by atoms with van der Waals surface area (Å²) in [6.45, 7) is 1.86. The van der Waals surface area contributed by atoms with Crippen LogP contribution in [-0.2, 0) is 6.54 Å². The highest BCUT2D eigenvalue weighted by atomic mass is 19.1. The molecule has 0 aliphatic rings. The SMILES string of the molecule is CN(CCCNC(=O)c1c(O)cc(F)cc1F)Cc1ccccc1. The van der Waals surface area contributed by atoms with E-state index in [1.165, 1.54) is 5.56 Å². The van der Waals surface area contributed by atoms with Gasteiger partial charge in [0.2, 0.25) is 0 Å². The van der Waals surface area contributed by atoms with Crippen molar-refractivity contribution in [3.63, 3.8) is 0 Å². The lowest BCUT2D eigenvalue weighted by molar-refractivity contribution is 0.0945. The molecule has 0 saturated heterocycles. The number of benzene rings is 2. The highest BCUT2D eigenvalue weighted by molar-refractivity contribution is 5.97. The summed E-state index contributed by atoms with van der Waals surface area (Å²) in [4.78, 5) is 14.0. The van der Waals surface area contributed by atoms with Crippen molar-refractivity contribution in [2.75, 3.05) is 20.1 Å². The number of phenols is 1. The van der Waals surface area contributed by atoms with E-state index in [1.54, 1.807) is 0 Å². The van der Waals surface area contributed by atoms with Gasteiger partial charge in [-0.3, -0.25) is 4.79 Å². The Bertz CT molecular complexity index is 670. The van der Waals surface area contributed by atoms with Crippen molar-refractivity contribution < 1.29 is 18.7 Å². The number of phenolic OH excluding ortho intramolecular Hbond substituents is 1. The van der Waals surface area contributed by atoms with Gasteiger partial charge in [0.1, 0.15) is 22.9 Å². The van der Waals surface area contributed by atoms with Crippen LogP contribution in [0.25, 0.3) is 0 Å². The lowest BCUT2D eigenvalue weighted by atomic mass is 10.1. The average Bonchev–Trinajstić information content (AvgIpc) is 2.51. The molecule has 1 amide bonds. The Morgan fingerprint density at radius 3 is 2.58 bits per heavy atom. The smallest absolute Gasteiger partial charge is 0.258 e. The molecule has 0 atom stereocenters. The van der Waals surface area contributed by atoms with Crippen molar-refractivity contribution in [2.45, 2.75) is 13.0 Å². The third-order valence-corrected chi connectivity index (χ3v) is 3.56. The average molecular weight is 334 g/mol. The minimum atomic E-state index is -1.08. The van der Waals surface area contributed by atoms with Crippen molar-refractivity contribution in [3.8, 4) is 5.75 Å². The van der Waals surface area contributed by atoms with Crippen LogP contribution in [0.15, 0.2) is 42.5 Å². The Kier molecular flexibility index (Phi) is 6.26.